The Bertz CT molecular complexity index is 961. The third-order valence-corrected chi connectivity index (χ3v) is 6.42. The van der Waals surface area contributed by atoms with Crippen molar-refractivity contribution in [3.63, 3.8) is 0 Å². The van der Waals surface area contributed by atoms with Crippen molar-refractivity contribution < 1.29 is 18.7 Å². The first-order valence-corrected chi connectivity index (χ1v) is 10.5. The average molecular weight is 410 g/mol. The second-order valence-corrected chi connectivity index (χ2v) is 8.22. The summed E-state index contributed by atoms with van der Waals surface area (Å²) in [5, 5.41) is 2.86. The lowest BCUT2D eigenvalue weighted by Crippen LogP contribution is -2.48. The van der Waals surface area contributed by atoms with Crippen LogP contribution in [0.5, 0.6) is 5.75 Å². The van der Waals surface area contributed by atoms with E-state index in [1.54, 1.807) is 29.2 Å². The molecule has 2 aliphatic rings. The number of halogens is 1. The molecule has 1 saturated heterocycles. The maximum atomic E-state index is 13.7. The van der Waals surface area contributed by atoms with Gasteiger partial charge in [0.15, 0.2) is 0 Å². The van der Waals surface area contributed by atoms with E-state index in [2.05, 4.69) is 5.32 Å². The molecule has 1 N–H and O–H groups in total. The molecule has 3 unspecified atom stereocenters. The number of nitrogens with zero attached hydrogens (tertiary/aromatic N) is 1. The Morgan fingerprint density at radius 3 is 2.70 bits per heavy atom. The van der Waals surface area contributed by atoms with E-state index in [0.29, 0.717) is 29.3 Å². The van der Waals surface area contributed by atoms with Crippen LogP contribution in [-0.4, -0.2) is 35.9 Å². The second kappa shape index (κ2) is 8.46. The fourth-order valence-corrected chi connectivity index (χ4v) is 4.89. The summed E-state index contributed by atoms with van der Waals surface area (Å²) < 4.78 is 19.1. The predicted molar refractivity (Wildman–Crippen MR) is 113 cm³/mol. The zero-order valence-corrected chi connectivity index (χ0v) is 17.4. The molecule has 4 rings (SSSR count). The first kappa shape index (κ1) is 20.4. The lowest BCUT2D eigenvalue weighted by atomic mass is 9.84. The summed E-state index contributed by atoms with van der Waals surface area (Å²) >= 11 is 0. The second-order valence-electron chi connectivity index (χ2n) is 8.22. The van der Waals surface area contributed by atoms with Crippen molar-refractivity contribution in [1.82, 2.24) is 4.90 Å². The minimum atomic E-state index is -0.585. The molecule has 2 aromatic rings. The van der Waals surface area contributed by atoms with Crippen molar-refractivity contribution in [2.24, 2.45) is 5.92 Å². The number of fused-ring (bicyclic) bond motifs is 1. The molecule has 5 nitrogen and oxygen atoms in total. The standard InChI is InChI=1S/C24H27FN2O3/c1-15-11-12-17(25)14-19(15)26-23(28)21-13-16-7-3-5-9-20(16)27(21)24(29)18-8-4-6-10-22(18)30-2/h4,6,8,10-12,14,16,20-21H,3,5,7,9,13H2,1-2H3,(H,26,28). The molecule has 1 heterocycles. The number of carbonyl (C=O) groups excluding carboxylic acids is 2. The molecule has 1 aliphatic carbocycles. The number of likely N-dealkylation sites (tertiary alicyclic amines) is 1. The van der Waals surface area contributed by atoms with Crippen LogP contribution in [0.2, 0.25) is 0 Å². The molecule has 0 radical (unpaired) electrons. The molecule has 2 aromatic carbocycles. The van der Waals surface area contributed by atoms with Gasteiger partial charge in [0, 0.05) is 11.7 Å². The van der Waals surface area contributed by atoms with Crippen LogP contribution in [0, 0.1) is 18.7 Å². The highest BCUT2D eigenvalue weighted by Crippen LogP contribution is 2.41. The fourth-order valence-electron chi connectivity index (χ4n) is 4.89. The molecule has 1 aliphatic heterocycles. The van der Waals surface area contributed by atoms with Crippen LogP contribution in [0.1, 0.15) is 48.0 Å². The van der Waals surface area contributed by atoms with Crippen LogP contribution in [0.15, 0.2) is 42.5 Å². The van der Waals surface area contributed by atoms with Crippen molar-refractivity contribution in [3.8, 4) is 5.75 Å². The SMILES string of the molecule is COc1ccccc1C(=O)N1C(C(=O)Nc2cc(F)ccc2C)CC2CCCCC21. The average Bonchev–Trinajstić information content (AvgIpc) is 3.15. The summed E-state index contributed by atoms with van der Waals surface area (Å²) in [5.74, 6) is -0.0408. The first-order chi connectivity index (χ1) is 14.5. The molecule has 1 saturated carbocycles. The molecule has 0 aromatic heterocycles. The number of amides is 2. The lowest BCUT2D eigenvalue weighted by molar-refractivity contribution is -0.120. The zero-order valence-electron chi connectivity index (χ0n) is 17.4. The van der Waals surface area contributed by atoms with E-state index in [9.17, 15) is 14.0 Å². The maximum Gasteiger partial charge on any atom is 0.258 e. The Balaban J connectivity index is 1.65. The smallest absolute Gasteiger partial charge is 0.258 e. The molecule has 158 valence electrons. The molecule has 0 spiro atoms. The van der Waals surface area contributed by atoms with Gasteiger partial charge in [0.25, 0.3) is 5.91 Å². The molecule has 0 bridgehead atoms. The Hall–Kier alpha value is -2.89. The van der Waals surface area contributed by atoms with Crippen molar-refractivity contribution >= 4 is 17.5 Å². The number of para-hydroxylation sites is 1. The number of aryl methyl sites for hydroxylation is 1. The summed E-state index contributed by atoms with van der Waals surface area (Å²) in [7, 11) is 1.54. The van der Waals surface area contributed by atoms with Gasteiger partial charge in [-0.05, 0) is 61.9 Å². The van der Waals surface area contributed by atoms with Crippen LogP contribution in [0.3, 0.4) is 0 Å². The normalized spacial score (nSPS) is 23.0. The topological polar surface area (TPSA) is 58.6 Å². The van der Waals surface area contributed by atoms with Gasteiger partial charge in [-0.1, -0.05) is 31.0 Å². The number of nitrogens with one attached hydrogen (secondary N) is 1. The van der Waals surface area contributed by atoms with Gasteiger partial charge in [-0.25, -0.2) is 4.39 Å². The van der Waals surface area contributed by atoms with E-state index in [0.717, 1.165) is 31.2 Å². The minimum absolute atomic E-state index is 0.0421. The van der Waals surface area contributed by atoms with Crippen LogP contribution < -0.4 is 10.1 Å². The van der Waals surface area contributed by atoms with Crippen LogP contribution >= 0.6 is 0 Å². The number of ether oxygens (including phenoxy) is 1. The van der Waals surface area contributed by atoms with Crippen LogP contribution in [0.25, 0.3) is 0 Å². The van der Waals surface area contributed by atoms with Crippen molar-refractivity contribution in [1.29, 1.82) is 0 Å². The number of methoxy groups -OCH3 is 1. The fraction of sp³-hybridized carbons (Fsp3) is 0.417. The highest BCUT2D eigenvalue weighted by atomic mass is 19.1. The summed E-state index contributed by atoms with van der Waals surface area (Å²) in [6, 6.07) is 10.9. The quantitative estimate of drug-likeness (QED) is 0.804. The van der Waals surface area contributed by atoms with Gasteiger partial charge in [-0.2, -0.15) is 0 Å². The Labute approximate surface area is 176 Å². The van der Waals surface area contributed by atoms with Crippen LogP contribution in [-0.2, 0) is 4.79 Å². The number of anilines is 1. The molecule has 6 heteroatoms. The predicted octanol–water partition coefficient (Wildman–Crippen LogP) is 4.55. The zero-order chi connectivity index (χ0) is 21.3. The molecular weight excluding hydrogens is 383 g/mol. The first-order valence-electron chi connectivity index (χ1n) is 10.5. The van der Waals surface area contributed by atoms with E-state index in [-0.39, 0.29) is 17.9 Å². The highest BCUT2D eigenvalue weighted by Gasteiger charge is 2.48. The lowest BCUT2D eigenvalue weighted by Gasteiger charge is -2.34. The van der Waals surface area contributed by atoms with Crippen molar-refractivity contribution in [2.75, 3.05) is 12.4 Å². The Kier molecular flexibility index (Phi) is 5.75. The number of rotatable bonds is 4. The molecule has 2 fully saturated rings. The van der Waals surface area contributed by atoms with E-state index in [1.807, 2.05) is 13.0 Å². The summed E-state index contributed by atoms with van der Waals surface area (Å²) in [6.07, 6.45) is 4.71. The van der Waals surface area contributed by atoms with E-state index >= 15 is 0 Å². The molecule has 30 heavy (non-hydrogen) atoms. The third-order valence-electron chi connectivity index (χ3n) is 6.42. The maximum absolute atomic E-state index is 13.7. The van der Waals surface area contributed by atoms with Gasteiger partial charge in [-0.3, -0.25) is 9.59 Å². The monoisotopic (exact) mass is 410 g/mol. The van der Waals surface area contributed by atoms with Crippen molar-refractivity contribution in [3.05, 3.63) is 59.4 Å². The molecular formula is C24H27FN2O3. The number of carbonyl (C=O) groups is 2. The number of hydrogen-bond donors (Lipinski definition) is 1. The van der Waals surface area contributed by atoms with Crippen LogP contribution in [0.4, 0.5) is 10.1 Å². The van der Waals surface area contributed by atoms with Gasteiger partial charge in [-0.15, -0.1) is 0 Å². The highest BCUT2D eigenvalue weighted by molar-refractivity contribution is 6.03. The summed E-state index contributed by atoms with van der Waals surface area (Å²) in [4.78, 5) is 28.6. The van der Waals surface area contributed by atoms with Gasteiger partial charge < -0.3 is 15.0 Å². The van der Waals surface area contributed by atoms with Gasteiger partial charge >= 0.3 is 0 Å². The number of benzene rings is 2. The van der Waals surface area contributed by atoms with E-state index < -0.39 is 11.9 Å². The summed E-state index contributed by atoms with van der Waals surface area (Å²) in [6.45, 7) is 1.82. The molecule has 3 atom stereocenters. The van der Waals surface area contributed by atoms with Gasteiger partial charge in [0.2, 0.25) is 5.91 Å². The summed E-state index contributed by atoms with van der Waals surface area (Å²) in [5.41, 5.74) is 1.69. The van der Waals surface area contributed by atoms with E-state index in [1.165, 1.54) is 19.2 Å². The van der Waals surface area contributed by atoms with Gasteiger partial charge in [0.1, 0.15) is 17.6 Å². The molecule has 2 amide bonds. The van der Waals surface area contributed by atoms with Gasteiger partial charge in [0.05, 0.1) is 12.7 Å². The van der Waals surface area contributed by atoms with E-state index in [4.69, 9.17) is 4.74 Å². The largest absolute Gasteiger partial charge is 0.496 e. The Morgan fingerprint density at radius 2 is 1.90 bits per heavy atom. The van der Waals surface area contributed by atoms with Crippen molar-refractivity contribution in [2.45, 2.75) is 51.1 Å². The number of hydrogen-bond acceptors (Lipinski definition) is 3. The third kappa shape index (κ3) is 3.78. The minimum Gasteiger partial charge on any atom is -0.496 e. The Morgan fingerprint density at radius 1 is 1.13 bits per heavy atom.